The highest BCUT2D eigenvalue weighted by Gasteiger charge is 2.01. The highest BCUT2D eigenvalue weighted by atomic mass is 35.5. The zero-order chi connectivity index (χ0) is 14.4. The SMILES string of the molecule is CN(CCNCc1ccc(Cl)s1)Cc1ccc(Cl)cc1. The number of halogens is 2. The Morgan fingerprint density at radius 1 is 1.10 bits per heavy atom. The molecule has 1 heterocycles. The Morgan fingerprint density at radius 2 is 1.85 bits per heavy atom. The van der Waals surface area contributed by atoms with Crippen molar-refractivity contribution in [2.75, 3.05) is 20.1 Å². The molecular formula is C15H18Cl2N2S. The number of thiophene rings is 1. The normalized spacial score (nSPS) is 11.2. The quantitative estimate of drug-likeness (QED) is 0.763. The largest absolute Gasteiger partial charge is 0.311 e. The summed E-state index contributed by atoms with van der Waals surface area (Å²) in [6, 6.07) is 12.0. The van der Waals surface area contributed by atoms with E-state index in [9.17, 15) is 0 Å². The number of benzene rings is 1. The second kappa shape index (κ2) is 8.01. The molecule has 2 aromatic rings. The number of rotatable bonds is 7. The first kappa shape index (κ1) is 15.8. The molecule has 1 N–H and O–H groups in total. The smallest absolute Gasteiger partial charge is 0.0931 e. The fraction of sp³-hybridized carbons (Fsp3) is 0.333. The fourth-order valence-electron chi connectivity index (χ4n) is 1.91. The molecule has 0 saturated heterocycles. The molecule has 0 spiro atoms. The first-order chi connectivity index (χ1) is 9.63. The zero-order valence-electron chi connectivity index (χ0n) is 11.4. The number of hydrogen-bond donors (Lipinski definition) is 1. The van der Waals surface area contributed by atoms with E-state index in [4.69, 9.17) is 23.2 Å². The molecule has 20 heavy (non-hydrogen) atoms. The lowest BCUT2D eigenvalue weighted by Gasteiger charge is -2.17. The lowest BCUT2D eigenvalue weighted by atomic mass is 10.2. The third kappa shape index (κ3) is 5.43. The van der Waals surface area contributed by atoms with Gasteiger partial charge in [-0.05, 0) is 36.9 Å². The molecule has 0 radical (unpaired) electrons. The molecule has 0 aliphatic heterocycles. The van der Waals surface area contributed by atoms with Gasteiger partial charge in [0, 0.05) is 36.1 Å². The van der Waals surface area contributed by atoms with Gasteiger partial charge in [-0.1, -0.05) is 35.3 Å². The monoisotopic (exact) mass is 328 g/mol. The lowest BCUT2D eigenvalue weighted by molar-refractivity contribution is 0.324. The summed E-state index contributed by atoms with van der Waals surface area (Å²) in [6.45, 7) is 3.77. The summed E-state index contributed by atoms with van der Waals surface area (Å²) in [5.74, 6) is 0. The topological polar surface area (TPSA) is 15.3 Å². The van der Waals surface area contributed by atoms with Crippen molar-refractivity contribution in [3.05, 3.63) is 56.2 Å². The first-order valence-electron chi connectivity index (χ1n) is 6.51. The van der Waals surface area contributed by atoms with Crippen LogP contribution in [0.25, 0.3) is 0 Å². The van der Waals surface area contributed by atoms with Gasteiger partial charge < -0.3 is 10.2 Å². The number of nitrogens with one attached hydrogen (secondary N) is 1. The number of nitrogens with zero attached hydrogens (tertiary/aromatic N) is 1. The minimum atomic E-state index is 0.785. The standard InChI is InChI=1S/C15H18Cl2N2S/c1-19(11-12-2-4-13(16)5-3-12)9-8-18-10-14-6-7-15(17)20-14/h2-7,18H,8-11H2,1H3. The van der Waals surface area contributed by atoms with Crippen LogP contribution in [0.1, 0.15) is 10.4 Å². The Kier molecular flexibility index (Phi) is 6.33. The molecule has 2 rings (SSSR count). The van der Waals surface area contributed by atoms with Crippen LogP contribution >= 0.6 is 34.5 Å². The van der Waals surface area contributed by atoms with Crippen molar-refractivity contribution in [2.45, 2.75) is 13.1 Å². The second-order valence-electron chi connectivity index (χ2n) is 4.75. The van der Waals surface area contributed by atoms with Gasteiger partial charge in [0.05, 0.1) is 4.34 Å². The van der Waals surface area contributed by atoms with Crippen molar-refractivity contribution in [3.63, 3.8) is 0 Å². The van der Waals surface area contributed by atoms with E-state index in [2.05, 4.69) is 35.5 Å². The van der Waals surface area contributed by atoms with Gasteiger partial charge in [-0.3, -0.25) is 0 Å². The van der Waals surface area contributed by atoms with Crippen molar-refractivity contribution in [3.8, 4) is 0 Å². The molecule has 1 aromatic heterocycles. The molecule has 0 fully saturated rings. The third-order valence-electron chi connectivity index (χ3n) is 2.96. The van der Waals surface area contributed by atoms with E-state index in [1.165, 1.54) is 10.4 Å². The van der Waals surface area contributed by atoms with Crippen LogP contribution in [0, 0.1) is 0 Å². The molecule has 0 unspecified atom stereocenters. The van der Waals surface area contributed by atoms with E-state index in [1.54, 1.807) is 11.3 Å². The number of hydrogen-bond acceptors (Lipinski definition) is 3. The van der Waals surface area contributed by atoms with Crippen LogP contribution < -0.4 is 5.32 Å². The molecule has 108 valence electrons. The van der Waals surface area contributed by atoms with Crippen molar-refractivity contribution in [2.24, 2.45) is 0 Å². The summed E-state index contributed by atoms with van der Waals surface area (Å²) in [7, 11) is 2.12. The molecule has 1 aromatic carbocycles. The van der Waals surface area contributed by atoms with E-state index < -0.39 is 0 Å². The van der Waals surface area contributed by atoms with Crippen molar-refractivity contribution < 1.29 is 0 Å². The summed E-state index contributed by atoms with van der Waals surface area (Å²) < 4.78 is 0.849. The molecule has 0 bridgehead atoms. The molecule has 0 saturated carbocycles. The summed E-state index contributed by atoms with van der Waals surface area (Å²) >= 11 is 13.4. The molecule has 0 amide bonds. The summed E-state index contributed by atoms with van der Waals surface area (Å²) in [4.78, 5) is 3.56. The number of likely N-dealkylation sites (N-methyl/N-ethyl adjacent to an activating group) is 1. The maximum atomic E-state index is 5.90. The highest BCUT2D eigenvalue weighted by molar-refractivity contribution is 7.16. The van der Waals surface area contributed by atoms with Crippen LogP contribution in [0.2, 0.25) is 9.36 Å². The zero-order valence-corrected chi connectivity index (χ0v) is 13.7. The molecule has 2 nitrogen and oxygen atoms in total. The lowest BCUT2D eigenvalue weighted by Crippen LogP contribution is -2.28. The van der Waals surface area contributed by atoms with Crippen LogP contribution in [0.3, 0.4) is 0 Å². The van der Waals surface area contributed by atoms with Crippen LogP contribution in [0.4, 0.5) is 0 Å². The van der Waals surface area contributed by atoms with Crippen LogP contribution in [-0.2, 0) is 13.1 Å². The molecule has 0 atom stereocenters. The van der Waals surface area contributed by atoms with Crippen LogP contribution in [0.15, 0.2) is 36.4 Å². The molecule has 5 heteroatoms. The van der Waals surface area contributed by atoms with Gasteiger partial charge in [0.25, 0.3) is 0 Å². The Bertz CT molecular complexity index is 525. The average Bonchev–Trinajstić information content (AvgIpc) is 2.83. The summed E-state index contributed by atoms with van der Waals surface area (Å²) in [6.07, 6.45) is 0. The maximum Gasteiger partial charge on any atom is 0.0931 e. The predicted molar refractivity (Wildman–Crippen MR) is 88.8 cm³/mol. The Hall–Kier alpha value is -0.580. The van der Waals surface area contributed by atoms with E-state index >= 15 is 0 Å². The molecular weight excluding hydrogens is 311 g/mol. The van der Waals surface area contributed by atoms with E-state index in [0.717, 1.165) is 35.5 Å². The van der Waals surface area contributed by atoms with Gasteiger partial charge in [-0.2, -0.15) is 0 Å². The van der Waals surface area contributed by atoms with Gasteiger partial charge in [-0.25, -0.2) is 0 Å². The van der Waals surface area contributed by atoms with Crippen molar-refractivity contribution in [1.29, 1.82) is 0 Å². The first-order valence-corrected chi connectivity index (χ1v) is 8.08. The minimum Gasteiger partial charge on any atom is -0.311 e. The van der Waals surface area contributed by atoms with Crippen molar-refractivity contribution in [1.82, 2.24) is 10.2 Å². The predicted octanol–water partition coefficient (Wildman–Crippen LogP) is 4.28. The van der Waals surface area contributed by atoms with Crippen LogP contribution in [-0.4, -0.2) is 25.0 Å². The second-order valence-corrected chi connectivity index (χ2v) is 6.98. The average molecular weight is 329 g/mol. The van der Waals surface area contributed by atoms with Gasteiger partial charge >= 0.3 is 0 Å². The van der Waals surface area contributed by atoms with Crippen molar-refractivity contribution >= 4 is 34.5 Å². The van der Waals surface area contributed by atoms with E-state index in [0.29, 0.717) is 0 Å². The van der Waals surface area contributed by atoms with Gasteiger partial charge in [0.15, 0.2) is 0 Å². The summed E-state index contributed by atoms with van der Waals surface area (Å²) in [5.41, 5.74) is 1.28. The van der Waals surface area contributed by atoms with Gasteiger partial charge in [0.2, 0.25) is 0 Å². The third-order valence-corrected chi connectivity index (χ3v) is 4.45. The molecule has 0 aliphatic carbocycles. The maximum absolute atomic E-state index is 5.90. The highest BCUT2D eigenvalue weighted by Crippen LogP contribution is 2.20. The minimum absolute atomic E-state index is 0.785. The Labute approximate surface area is 134 Å². The van der Waals surface area contributed by atoms with Crippen LogP contribution in [0.5, 0.6) is 0 Å². The Balaban J connectivity index is 1.65. The van der Waals surface area contributed by atoms with Gasteiger partial charge in [-0.15, -0.1) is 11.3 Å². The fourth-order valence-corrected chi connectivity index (χ4v) is 3.09. The molecule has 0 aliphatic rings. The van der Waals surface area contributed by atoms with Gasteiger partial charge in [0.1, 0.15) is 0 Å². The Morgan fingerprint density at radius 3 is 2.50 bits per heavy atom. The summed E-state index contributed by atoms with van der Waals surface area (Å²) in [5, 5.41) is 4.21. The van der Waals surface area contributed by atoms with E-state index in [-0.39, 0.29) is 0 Å². The van der Waals surface area contributed by atoms with E-state index in [1.807, 2.05) is 18.2 Å².